The zero-order valence-corrected chi connectivity index (χ0v) is 12.0. The van der Waals surface area contributed by atoms with E-state index in [2.05, 4.69) is 22.6 Å². The van der Waals surface area contributed by atoms with Crippen molar-refractivity contribution in [3.63, 3.8) is 0 Å². The lowest BCUT2D eigenvalue weighted by Gasteiger charge is -2.32. The molecule has 2 rings (SSSR count). The van der Waals surface area contributed by atoms with Crippen LogP contribution >= 0.6 is 0 Å². The number of rotatable bonds is 6. The molecule has 0 saturated carbocycles. The third-order valence-corrected chi connectivity index (χ3v) is 3.50. The Morgan fingerprint density at radius 3 is 2.90 bits per heavy atom. The van der Waals surface area contributed by atoms with E-state index in [1.165, 1.54) is 12.1 Å². The Kier molecular flexibility index (Phi) is 5.32. The summed E-state index contributed by atoms with van der Waals surface area (Å²) in [5.74, 6) is 5.33. The van der Waals surface area contributed by atoms with Gasteiger partial charge in [-0.05, 0) is 12.6 Å². The number of hydrazine groups is 1. The minimum atomic E-state index is -0.443. The van der Waals surface area contributed by atoms with Crippen molar-refractivity contribution in [2.45, 2.75) is 13.0 Å². The van der Waals surface area contributed by atoms with Crippen molar-refractivity contribution in [3.05, 3.63) is 28.3 Å². The summed E-state index contributed by atoms with van der Waals surface area (Å²) in [6.07, 6.45) is 0.0762. The molecule has 4 N–H and O–H groups in total. The molecule has 8 heteroatoms. The number of anilines is 2. The second-order valence-corrected chi connectivity index (χ2v) is 4.94. The molecule has 0 aliphatic carbocycles. The average Bonchev–Trinajstić information content (AvgIpc) is 2.52. The lowest BCUT2D eigenvalue weighted by molar-refractivity contribution is -0.384. The highest BCUT2D eigenvalue weighted by Crippen LogP contribution is 2.23. The van der Waals surface area contributed by atoms with Crippen molar-refractivity contribution in [1.29, 1.82) is 0 Å². The Labute approximate surface area is 123 Å². The number of ether oxygens (including phenoxy) is 1. The molecule has 1 saturated heterocycles. The third kappa shape index (κ3) is 4.28. The maximum Gasteiger partial charge on any atom is 0.273 e. The molecule has 21 heavy (non-hydrogen) atoms. The molecule has 1 heterocycles. The molecule has 1 unspecified atom stereocenters. The average molecular weight is 295 g/mol. The van der Waals surface area contributed by atoms with Gasteiger partial charge in [0, 0.05) is 37.5 Å². The standard InChI is InChI=1S/C13H21N5O3/c1-2-17-3-4-21-13(9-17)8-15-10-5-11(16-14)7-12(6-10)18(19)20/h5-7,13,15-16H,2-4,8-9,14H2,1H3. The summed E-state index contributed by atoms with van der Waals surface area (Å²) in [5, 5.41) is 14.1. The van der Waals surface area contributed by atoms with Crippen molar-refractivity contribution in [3.8, 4) is 0 Å². The highest BCUT2D eigenvalue weighted by molar-refractivity contribution is 5.63. The fourth-order valence-electron chi connectivity index (χ4n) is 2.32. The van der Waals surface area contributed by atoms with Crippen LogP contribution in [0.25, 0.3) is 0 Å². The van der Waals surface area contributed by atoms with Crippen LogP contribution in [0.2, 0.25) is 0 Å². The number of nitrogens with zero attached hydrogens (tertiary/aromatic N) is 2. The summed E-state index contributed by atoms with van der Waals surface area (Å²) in [4.78, 5) is 12.8. The van der Waals surface area contributed by atoms with Crippen molar-refractivity contribution in [2.75, 3.05) is 43.5 Å². The summed E-state index contributed by atoms with van der Waals surface area (Å²) in [7, 11) is 0. The van der Waals surface area contributed by atoms with E-state index in [0.29, 0.717) is 24.5 Å². The summed E-state index contributed by atoms with van der Waals surface area (Å²) >= 11 is 0. The molecule has 8 nitrogen and oxygen atoms in total. The van der Waals surface area contributed by atoms with Gasteiger partial charge in [-0.2, -0.15) is 0 Å². The largest absolute Gasteiger partial charge is 0.382 e. The lowest BCUT2D eigenvalue weighted by atomic mass is 10.2. The summed E-state index contributed by atoms with van der Waals surface area (Å²) in [6.45, 7) is 6.24. The first kappa shape index (κ1) is 15.5. The molecule has 0 radical (unpaired) electrons. The predicted octanol–water partition coefficient (Wildman–Crippen LogP) is 1.01. The number of nitrogen functional groups attached to an aromatic ring is 1. The Morgan fingerprint density at radius 2 is 2.24 bits per heavy atom. The van der Waals surface area contributed by atoms with Gasteiger partial charge < -0.3 is 15.5 Å². The van der Waals surface area contributed by atoms with Gasteiger partial charge in [-0.25, -0.2) is 0 Å². The number of nitrogens with one attached hydrogen (secondary N) is 2. The Morgan fingerprint density at radius 1 is 1.48 bits per heavy atom. The van der Waals surface area contributed by atoms with Crippen LogP contribution in [0.1, 0.15) is 6.92 Å². The van der Waals surface area contributed by atoms with Crippen molar-refractivity contribution < 1.29 is 9.66 Å². The smallest absolute Gasteiger partial charge is 0.273 e. The van der Waals surface area contributed by atoms with Crippen LogP contribution in [0, 0.1) is 10.1 Å². The molecular formula is C13H21N5O3. The zero-order valence-electron chi connectivity index (χ0n) is 12.0. The van der Waals surface area contributed by atoms with Crippen LogP contribution in [0.3, 0.4) is 0 Å². The van der Waals surface area contributed by atoms with Crippen LogP contribution in [-0.4, -0.2) is 48.7 Å². The number of hydrogen-bond acceptors (Lipinski definition) is 7. The summed E-state index contributed by atoms with van der Waals surface area (Å²) in [6, 6.07) is 4.61. The fraction of sp³-hybridized carbons (Fsp3) is 0.538. The number of nitro benzene ring substituents is 1. The molecule has 0 aromatic heterocycles. The minimum Gasteiger partial charge on any atom is -0.382 e. The number of hydrogen-bond donors (Lipinski definition) is 3. The lowest BCUT2D eigenvalue weighted by Crippen LogP contribution is -2.45. The molecule has 1 atom stereocenters. The zero-order chi connectivity index (χ0) is 15.2. The molecule has 0 spiro atoms. The first-order valence-electron chi connectivity index (χ1n) is 6.96. The van der Waals surface area contributed by atoms with E-state index in [1.807, 2.05) is 0 Å². The van der Waals surface area contributed by atoms with E-state index < -0.39 is 4.92 Å². The maximum atomic E-state index is 10.9. The van der Waals surface area contributed by atoms with Gasteiger partial charge in [-0.15, -0.1) is 0 Å². The normalized spacial score (nSPS) is 19.2. The van der Waals surface area contributed by atoms with E-state index in [9.17, 15) is 10.1 Å². The van der Waals surface area contributed by atoms with Gasteiger partial charge in [-0.1, -0.05) is 6.92 Å². The van der Waals surface area contributed by atoms with Crippen molar-refractivity contribution >= 4 is 17.1 Å². The first-order chi connectivity index (χ1) is 10.1. The van der Waals surface area contributed by atoms with Crippen LogP contribution in [-0.2, 0) is 4.74 Å². The van der Waals surface area contributed by atoms with E-state index in [1.54, 1.807) is 6.07 Å². The second kappa shape index (κ2) is 7.21. The van der Waals surface area contributed by atoms with Gasteiger partial charge in [-0.3, -0.25) is 20.9 Å². The molecule has 116 valence electrons. The Balaban J connectivity index is 1.99. The van der Waals surface area contributed by atoms with Crippen LogP contribution < -0.4 is 16.6 Å². The molecule has 1 fully saturated rings. The van der Waals surface area contributed by atoms with E-state index >= 15 is 0 Å². The number of nitrogens with two attached hydrogens (primary N) is 1. The molecular weight excluding hydrogens is 274 g/mol. The Bertz CT molecular complexity index is 497. The van der Waals surface area contributed by atoms with E-state index in [0.717, 1.165) is 19.6 Å². The van der Waals surface area contributed by atoms with Crippen LogP contribution in [0.5, 0.6) is 0 Å². The fourth-order valence-corrected chi connectivity index (χ4v) is 2.32. The number of benzene rings is 1. The van der Waals surface area contributed by atoms with Gasteiger partial charge in [0.25, 0.3) is 5.69 Å². The van der Waals surface area contributed by atoms with Crippen LogP contribution in [0.4, 0.5) is 17.1 Å². The number of non-ortho nitro benzene ring substituents is 1. The van der Waals surface area contributed by atoms with Crippen LogP contribution in [0.15, 0.2) is 18.2 Å². The van der Waals surface area contributed by atoms with Gasteiger partial charge in [0.2, 0.25) is 0 Å². The monoisotopic (exact) mass is 295 g/mol. The quantitative estimate of drug-likeness (QED) is 0.408. The van der Waals surface area contributed by atoms with Crippen molar-refractivity contribution in [1.82, 2.24) is 4.90 Å². The minimum absolute atomic E-state index is 0.00676. The Hall–Kier alpha value is -1.90. The van der Waals surface area contributed by atoms with Gasteiger partial charge in [0.1, 0.15) is 0 Å². The molecule has 0 amide bonds. The van der Waals surface area contributed by atoms with E-state index in [-0.39, 0.29) is 11.8 Å². The predicted molar refractivity (Wildman–Crippen MR) is 81.3 cm³/mol. The number of likely N-dealkylation sites (N-methyl/N-ethyl adjacent to an activating group) is 1. The topological polar surface area (TPSA) is 106 Å². The van der Waals surface area contributed by atoms with Crippen molar-refractivity contribution in [2.24, 2.45) is 5.84 Å². The van der Waals surface area contributed by atoms with E-state index in [4.69, 9.17) is 10.6 Å². The molecule has 1 aliphatic heterocycles. The number of morpholine rings is 1. The van der Waals surface area contributed by atoms with Gasteiger partial charge in [0.15, 0.2) is 0 Å². The molecule has 1 aromatic carbocycles. The summed E-state index contributed by atoms with van der Waals surface area (Å²) < 4.78 is 5.69. The molecule has 1 aromatic rings. The number of nitro groups is 1. The maximum absolute atomic E-state index is 10.9. The summed E-state index contributed by atoms with van der Waals surface area (Å²) in [5.41, 5.74) is 3.57. The van der Waals surface area contributed by atoms with Gasteiger partial charge >= 0.3 is 0 Å². The molecule has 1 aliphatic rings. The highest BCUT2D eigenvalue weighted by atomic mass is 16.6. The molecule has 0 bridgehead atoms. The second-order valence-electron chi connectivity index (χ2n) is 4.94. The van der Waals surface area contributed by atoms with Gasteiger partial charge in [0.05, 0.1) is 23.3 Å². The third-order valence-electron chi connectivity index (χ3n) is 3.50. The highest BCUT2D eigenvalue weighted by Gasteiger charge is 2.19. The first-order valence-corrected chi connectivity index (χ1v) is 6.96. The SMILES string of the molecule is CCN1CCOC(CNc2cc(NN)cc([N+](=O)[O-])c2)C1.